The molecule has 1 saturated heterocycles. The molecular weight excluding hydrogens is 745 g/mol. The first-order valence-corrected chi connectivity index (χ1v) is 20.7. The molecule has 2 aromatic heterocycles. The number of piperazine rings is 1. The van der Waals surface area contributed by atoms with Crippen LogP contribution in [0, 0.1) is 0 Å². The normalized spacial score (nSPS) is 16.6. The van der Waals surface area contributed by atoms with Gasteiger partial charge in [-0.3, -0.25) is 9.59 Å². The second-order valence-electron chi connectivity index (χ2n) is 14.9. The number of amides is 2. The fourth-order valence-corrected chi connectivity index (χ4v) is 9.45. The number of para-hydroxylation sites is 2. The van der Waals surface area contributed by atoms with Crippen molar-refractivity contribution in [3.8, 4) is 11.5 Å². The first-order valence-electron chi connectivity index (χ1n) is 19.7. The van der Waals surface area contributed by atoms with E-state index in [1.165, 1.54) is 34.0 Å². The van der Waals surface area contributed by atoms with Crippen molar-refractivity contribution in [2.45, 2.75) is 36.4 Å². The van der Waals surface area contributed by atoms with Crippen LogP contribution in [0.15, 0.2) is 133 Å². The molecule has 0 bridgehead atoms. The predicted molar refractivity (Wildman–Crippen MR) is 228 cm³/mol. The van der Waals surface area contributed by atoms with Gasteiger partial charge < -0.3 is 25.0 Å². The summed E-state index contributed by atoms with van der Waals surface area (Å²) in [5.41, 5.74) is 9.09. The lowest BCUT2D eigenvalue weighted by Gasteiger charge is -2.37. The zero-order valence-corrected chi connectivity index (χ0v) is 33.1. The van der Waals surface area contributed by atoms with Crippen LogP contribution in [0.1, 0.15) is 56.6 Å². The Kier molecular flexibility index (Phi) is 10.4. The number of anilines is 1. The van der Waals surface area contributed by atoms with E-state index in [-0.39, 0.29) is 30.0 Å². The SMILES string of the molecule is COc1ccccc1C(=O)NCc1cc2c3ccccc3nc(SCC(=O)N3CCN(c4ccc([C@@H]5c6ccc(O)cc6CC[C@@H]5c5ccccc5)cc4)CC3)n2n1. The third-order valence-corrected chi connectivity index (χ3v) is 12.4. The van der Waals surface area contributed by atoms with Gasteiger partial charge in [0.1, 0.15) is 11.5 Å². The molecule has 292 valence electrons. The lowest BCUT2D eigenvalue weighted by Crippen LogP contribution is -2.49. The van der Waals surface area contributed by atoms with E-state index in [0.717, 1.165) is 48.0 Å². The number of nitrogens with one attached hydrogen (secondary N) is 1. The van der Waals surface area contributed by atoms with Gasteiger partial charge in [0.25, 0.3) is 5.91 Å². The summed E-state index contributed by atoms with van der Waals surface area (Å²) in [6.45, 7) is 2.98. The van der Waals surface area contributed by atoms with E-state index >= 15 is 0 Å². The maximum absolute atomic E-state index is 13.6. The molecule has 1 fully saturated rings. The van der Waals surface area contributed by atoms with E-state index in [1.807, 2.05) is 53.4 Å². The van der Waals surface area contributed by atoms with Crippen molar-refractivity contribution in [1.29, 1.82) is 0 Å². The number of phenols is 1. The van der Waals surface area contributed by atoms with Gasteiger partial charge in [-0.2, -0.15) is 5.10 Å². The number of nitrogens with zero attached hydrogens (tertiary/aromatic N) is 5. The number of carbonyl (C=O) groups is 2. The molecule has 7 aromatic rings. The molecule has 1 aliphatic carbocycles. The zero-order valence-electron chi connectivity index (χ0n) is 32.3. The summed E-state index contributed by atoms with van der Waals surface area (Å²) in [5.74, 6) is 1.43. The second kappa shape index (κ2) is 16.3. The molecule has 9 rings (SSSR count). The Bertz CT molecular complexity index is 2610. The highest BCUT2D eigenvalue weighted by molar-refractivity contribution is 7.99. The number of fused-ring (bicyclic) bond motifs is 4. The van der Waals surface area contributed by atoms with E-state index in [0.29, 0.717) is 46.9 Å². The third kappa shape index (κ3) is 7.45. The fraction of sp³-hybridized carbons (Fsp3) is 0.234. The number of hydrogen-bond donors (Lipinski definition) is 2. The fourth-order valence-electron chi connectivity index (χ4n) is 8.59. The number of thioether (sulfide) groups is 1. The number of aromatic hydroxyl groups is 1. The lowest BCUT2D eigenvalue weighted by atomic mass is 9.69. The highest BCUT2D eigenvalue weighted by Crippen LogP contribution is 2.47. The Balaban J connectivity index is 0.854. The van der Waals surface area contributed by atoms with Gasteiger partial charge in [0.2, 0.25) is 5.91 Å². The number of aromatic nitrogens is 3. The Hall–Kier alpha value is -6.33. The van der Waals surface area contributed by atoms with Crippen molar-refractivity contribution in [2.24, 2.45) is 0 Å². The van der Waals surface area contributed by atoms with Gasteiger partial charge in [-0.15, -0.1) is 0 Å². The van der Waals surface area contributed by atoms with Gasteiger partial charge in [0.05, 0.1) is 41.7 Å². The van der Waals surface area contributed by atoms with Gasteiger partial charge >= 0.3 is 0 Å². The summed E-state index contributed by atoms with van der Waals surface area (Å²) in [6, 6.07) is 42.6. The van der Waals surface area contributed by atoms with Crippen LogP contribution in [0.3, 0.4) is 0 Å². The van der Waals surface area contributed by atoms with E-state index in [4.69, 9.17) is 14.8 Å². The van der Waals surface area contributed by atoms with Gasteiger partial charge in [-0.05, 0) is 89.5 Å². The van der Waals surface area contributed by atoms with Crippen LogP contribution in [0.5, 0.6) is 11.5 Å². The highest BCUT2D eigenvalue weighted by Gasteiger charge is 2.32. The number of rotatable bonds is 10. The quantitative estimate of drug-likeness (QED) is 0.107. The average molecular weight is 789 g/mol. The number of carbonyl (C=O) groups excluding carboxylic acids is 2. The van der Waals surface area contributed by atoms with Crippen LogP contribution >= 0.6 is 11.8 Å². The smallest absolute Gasteiger partial charge is 0.255 e. The molecule has 2 atom stereocenters. The van der Waals surface area contributed by atoms with E-state index in [1.54, 1.807) is 29.8 Å². The van der Waals surface area contributed by atoms with Crippen molar-refractivity contribution >= 4 is 45.7 Å². The molecule has 2 amide bonds. The molecule has 5 aromatic carbocycles. The molecule has 0 unspecified atom stereocenters. The maximum Gasteiger partial charge on any atom is 0.255 e. The Morgan fingerprint density at radius 2 is 1.60 bits per heavy atom. The van der Waals surface area contributed by atoms with Crippen molar-refractivity contribution < 1.29 is 19.4 Å². The Morgan fingerprint density at radius 3 is 2.41 bits per heavy atom. The minimum absolute atomic E-state index is 0.0634. The van der Waals surface area contributed by atoms with Gasteiger partial charge in [-0.1, -0.05) is 90.6 Å². The van der Waals surface area contributed by atoms with Crippen LogP contribution in [0.2, 0.25) is 0 Å². The van der Waals surface area contributed by atoms with Crippen LogP contribution in [0.4, 0.5) is 5.69 Å². The number of aryl methyl sites for hydroxylation is 1. The molecule has 0 radical (unpaired) electrons. The molecule has 0 saturated carbocycles. The predicted octanol–water partition coefficient (Wildman–Crippen LogP) is 7.83. The number of benzene rings is 5. The molecule has 11 heteroatoms. The number of phenolic OH excluding ortho intramolecular Hbond substituents is 1. The summed E-state index contributed by atoms with van der Waals surface area (Å²) in [6.07, 6.45) is 1.97. The topological polar surface area (TPSA) is 112 Å². The molecule has 2 N–H and O–H groups in total. The molecule has 0 spiro atoms. The van der Waals surface area contributed by atoms with Crippen LogP contribution in [-0.2, 0) is 17.8 Å². The minimum atomic E-state index is -0.250. The third-order valence-electron chi connectivity index (χ3n) is 11.5. The molecule has 1 aliphatic heterocycles. The Labute approximate surface area is 341 Å². The first kappa shape index (κ1) is 37.3. The number of hydrogen-bond acceptors (Lipinski definition) is 8. The summed E-state index contributed by atoms with van der Waals surface area (Å²) in [7, 11) is 1.54. The molecule has 3 heterocycles. The van der Waals surface area contributed by atoms with E-state index < -0.39 is 0 Å². The average Bonchev–Trinajstić information content (AvgIpc) is 3.72. The second-order valence-corrected chi connectivity index (χ2v) is 15.8. The standard InChI is InChI=1S/C47H44N6O4S/c1-57-43-14-8-6-12-40(43)46(56)48-29-34-28-42-39-11-5-7-13-41(39)49-47(53(42)50-34)58-30-44(55)52-25-23-51(24-26-52)35-18-15-32(16-19-35)45-37(31-9-3-2-4-10-31)21-17-33-27-36(54)20-22-38(33)45/h2-16,18-20,22,27-28,37,45,54H,17,21,23-26,29-30H2,1H3,(H,48,56)/t37-,45+/m1/s1. The van der Waals surface area contributed by atoms with Crippen LogP contribution < -0.4 is 15.0 Å². The van der Waals surface area contributed by atoms with Crippen molar-refractivity contribution in [3.05, 3.63) is 161 Å². The zero-order chi connectivity index (χ0) is 39.6. The first-order chi connectivity index (χ1) is 28.4. The molecule has 2 aliphatic rings. The summed E-state index contributed by atoms with van der Waals surface area (Å²) in [4.78, 5) is 35.8. The van der Waals surface area contributed by atoms with Gasteiger partial charge in [-0.25, -0.2) is 9.50 Å². The summed E-state index contributed by atoms with van der Waals surface area (Å²) in [5, 5.41) is 19.6. The molecule has 10 nitrogen and oxygen atoms in total. The largest absolute Gasteiger partial charge is 0.508 e. The van der Waals surface area contributed by atoms with Gasteiger partial charge in [0, 0.05) is 43.2 Å². The molecular formula is C47H44N6O4S. The van der Waals surface area contributed by atoms with Crippen molar-refractivity contribution in [1.82, 2.24) is 24.8 Å². The summed E-state index contributed by atoms with van der Waals surface area (Å²) < 4.78 is 7.15. The van der Waals surface area contributed by atoms with Crippen LogP contribution in [-0.4, -0.2) is 75.5 Å². The summed E-state index contributed by atoms with van der Waals surface area (Å²) >= 11 is 1.38. The monoisotopic (exact) mass is 788 g/mol. The molecule has 58 heavy (non-hydrogen) atoms. The number of ether oxygens (including phenoxy) is 1. The van der Waals surface area contributed by atoms with Crippen molar-refractivity contribution in [3.63, 3.8) is 0 Å². The van der Waals surface area contributed by atoms with E-state index in [9.17, 15) is 14.7 Å². The van der Waals surface area contributed by atoms with Gasteiger partial charge in [0.15, 0.2) is 5.16 Å². The van der Waals surface area contributed by atoms with Crippen molar-refractivity contribution in [2.75, 3.05) is 43.9 Å². The lowest BCUT2D eigenvalue weighted by molar-refractivity contribution is -0.128. The highest BCUT2D eigenvalue weighted by atomic mass is 32.2. The van der Waals surface area contributed by atoms with E-state index in [2.05, 4.69) is 70.9 Å². The maximum atomic E-state index is 13.6. The minimum Gasteiger partial charge on any atom is -0.508 e. The Morgan fingerprint density at radius 1 is 0.845 bits per heavy atom. The van der Waals surface area contributed by atoms with Crippen LogP contribution in [0.25, 0.3) is 16.4 Å². The number of methoxy groups -OCH3 is 1.